The molecule has 0 fully saturated rings. The van der Waals surface area contributed by atoms with Gasteiger partial charge in [0.2, 0.25) is 0 Å². The zero-order chi connectivity index (χ0) is 12.6. The molecule has 0 saturated heterocycles. The summed E-state index contributed by atoms with van der Waals surface area (Å²) in [5, 5.41) is 9.75. The summed E-state index contributed by atoms with van der Waals surface area (Å²) in [5.74, 6) is -0.213. The number of rotatable bonds is 2. The van der Waals surface area contributed by atoms with E-state index in [0.717, 1.165) is 12.1 Å². The van der Waals surface area contributed by atoms with Gasteiger partial charge in [-0.05, 0) is 31.5 Å². The van der Waals surface area contributed by atoms with Crippen molar-refractivity contribution in [1.29, 1.82) is 0 Å². The van der Waals surface area contributed by atoms with Crippen molar-refractivity contribution in [2.24, 2.45) is 0 Å². The fourth-order valence-corrected chi connectivity index (χ4v) is 1.37. The summed E-state index contributed by atoms with van der Waals surface area (Å²) >= 11 is 0. The molecule has 0 saturated carbocycles. The number of hydrogen-bond donors (Lipinski definition) is 1. The lowest BCUT2D eigenvalue weighted by Crippen LogP contribution is -2.26. The molecule has 4 heteroatoms. The van der Waals surface area contributed by atoms with Crippen molar-refractivity contribution in [2.75, 3.05) is 0 Å². The van der Waals surface area contributed by atoms with E-state index in [9.17, 15) is 18.3 Å². The van der Waals surface area contributed by atoms with Gasteiger partial charge in [-0.15, -0.1) is 0 Å². The van der Waals surface area contributed by atoms with Crippen LogP contribution in [0.5, 0.6) is 0 Å². The first-order valence-corrected chi connectivity index (χ1v) is 5.02. The van der Waals surface area contributed by atoms with Gasteiger partial charge in [-0.3, -0.25) is 0 Å². The van der Waals surface area contributed by atoms with Gasteiger partial charge in [0, 0.05) is 5.92 Å². The zero-order valence-corrected chi connectivity index (χ0v) is 9.47. The smallest absolute Gasteiger partial charge is 0.390 e. The maximum atomic E-state index is 12.3. The SMILES string of the molecule is CC(c1ccc(C(F)(F)F)cc1)C(C)(C)O. The molecule has 1 unspecified atom stereocenters. The first kappa shape index (κ1) is 13.0. The molecule has 0 aliphatic heterocycles. The summed E-state index contributed by atoms with van der Waals surface area (Å²) in [4.78, 5) is 0. The van der Waals surface area contributed by atoms with E-state index in [1.54, 1.807) is 20.8 Å². The van der Waals surface area contributed by atoms with E-state index in [-0.39, 0.29) is 5.92 Å². The Morgan fingerprint density at radius 1 is 1.06 bits per heavy atom. The molecule has 0 aliphatic rings. The van der Waals surface area contributed by atoms with Crippen LogP contribution in [0, 0.1) is 0 Å². The maximum absolute atomic E-state index is 12.3. The van der Waals surface area contributed by atoms with E-state index in [1.165, 1.54) is 12.1 Å². The summed E-state index contributed by atoms with van der Waals surface area (Å²) in [5.41, 5.74) is -0.917. The van der Waals surface area contributed by atoms with Crippen LogP contribution in [0.25, 0.3) is 0 Å². The maximum Gasteiger partial charge on any atom is 0.416 e. The molecule has 16 heavy (non-hydrogen) atoms. The van der Waals surface area contributed by atoms with Gasteiger partial charge in [-0.1, -0.05) is 19.1 Å². The molecule has 0 heterocycles. The molecule has 1 aromatic rings. The van der Waals surface area contributed by atoms with E-state index in [2.05, 4.69) is 0 Å². The van der Waals surface area contributed by atoms with Crippen LogP contribution in [0.4, 0.5) is 13.2 Å². The summed E-state index contributed by atoms with van der Waals surface area (Å²) in [6.07, 6.45) is -4.31. The van der Waals surface area contributed by atoms with Crippen LogP contribution in [-0.2, 0) is 6.18 Å². The normalized spacial score (nSPS) is 14.9. The average Bonchev–Trinajstić information content (AvgIpc) is 2.14. The van der Waals surface area contributed by atoms with Gasteiger partial charge in [0.05, 0.1) is 11.2 Å². The molecule has 1 N–H and O–H groups in total. The minimum atomic E-state index is -4.31. The fraction of sp³-hybridized carbons (Fsp3) is 0.500. The summed E-state index contributed by atoms with van der Waals surface area (Å²) in [7, 11) is 0. The lowest BCUT2D eigenvalue weighted by molar-refractivity contribution is -0.137. The highest BCUT2D eigenvalue weighted by Crippen LogP contribution is 2.32. The van der Waals surface area contributed by atoms with E-state index in [0.29, 0.717) is 5.56 Å². The molecule has 0 bridgehead atoms. The second-order valence-electron chi connectivity index (χ2n) is 4.50. The van der Waals surface area contributed by atoms with Crippen LogP contribution in [0.15, 0.2) is 24.3 Å². The Morgan fingerprint density at radius 2 is 1.50 bits per heavy atom. The van der Waals surface area contributed by atoms with Gasteiger partial charge < -0.3 is 5.11 Å². The Bertz CT molecular complexity index is 346. The molecule has 0 spiro atoms. The molecule has 0 aliphatic carbocycles. The molecule has 1 nitrogen and oxygen atoms in total. The molecule has 1 aromatic carbocycles. The van der Waals surface area contributed by atoms with Crippen molar-refractivity contribution in [1.82, 2.24) is 0 Å². The summed E-state index contributed by atoms with van der Waals surface area (Å²) < 4.78 is 36.9. The van der Waals surface area contributed by atoms with Crippen molar-refractivity contribution in [2.45, 2.75) is 38.5 Å². The van der Waals surface area contributed by atoms with E-state index < -0.39 is 17.3 Å². The van der Waals surface area contributed by atoms with Crippen LogP contribution in [0.3, 0.4) is 0 Å². The highest BCUT2D eigenvalue weighted by atomic mass is 19.4. The first-order valence-electron chi connectivity index (χ1n) is 5.02. The Labute approximate surface area is 92.9 Å². The third-order valence-corrected chi connectivity index (χ3v) is 2.80. The van der Waals surface area contributed by atoms with Gasteiger partial charge in [0.1, 0.15) is 0 Å². The van der Waals surface area contributed by atoms with Crippen LogP contribution in [-0.4, -0.2) is 10.7 Å². The van der Waals surface area contributed by atoms with Crippen LogP contribution >= 0.6 is 0 Å². The molecule has 90 valence electrons. The molecule has 1 rings (SSSR count). The quantitative estimate of drug-likeness (QED) is 0.826. The molecule has 0 amide bonds. The van der Waals surface area contributed by atoms with Crippen LogP contribution < -0.4 is 0 Å². The molecule has 0 radical (unpaired) electrons. The topological polar surface area (TPSA) is 20.2 Å². The number of hydrogen-bond acceptors (Lipinski definition) is 1. The Morgan fingerprint density at radius 3 is 1.81 bits per heavy atom. The van der Waals surface area contributed by atoms with Crippen molar-refractivity contribution < 1.29 is 18.3 Å². The van der Waals surface area contributed by atoms with Crippen LogP contribution in [0.1, 0.15) is 37.8 Å². The minimum Gasteiger partial charge on any atom is -0.390 e. The van der Waals surface area contributed by atoms with Crippen molar-refractivity contribution in [3.05, 3.63) is 35.4 Å². The highest BCUT2D eigenvalue weighted by molar-refractivity contribution is 5.28. The van der Waals surface area contributed by atoms with Crippen molar-refractivity contribution >= 4 is 0 Å². The highest BCUT2D eigenvalue weighted by Gasteiger charge is 2.31. The number of halogens is 3. The Kier molecular flexibility index (Phi) is 3.33. The summed E-state index contributed by atoms with van der Waals surface area (Å²) in [6, 6.07) is 4.89. The predicted octanol–water partition coefficient (Wildman–Crippen LogP) is 3.58. The van der Waals surface area contributed by atoms with E-state index >= 15 is 0 Å². The second-order valence-corrected chi connectivity index (χ2v) is 4.50. The lowest BCUT2D eigenvalue weighted by Gasteiger charge is -2.26. The van der Waals surface area contributed by atoms with Gasteiger partial charge in [-0.25, -0.2) is 0 Å². The first-order chi connectivity index (χ1) is 7.12. The fourth-order valence-electron chi connectivity index (χ4n) is 1.37. The third kappa shape index (κ3) is 2.98. The number of benzene rings is 1. The van der Waals surface area contributed by atoms with Crippen molar-refractivity contribution in [3.63, 3.8) is 0 Å². The number of aliphatic hydroxyl groups is 1. The van der Waals surface area contributed by atoms with Gasteiger partial charge >= 0.3 is 6.18 Å². The third-order valence-electron chi connectivity index (χ3n) is 2.80. The number of alkyl halides is 3. The monoisotopic (exact) mass is 232 g/mol. The minimum absolute atomic E-state index is 0.213. The second kappa shape index (κ2) is 4.09. The van der Waals surface area contributed by atoms with Gasteiger partial charge in [0.25, 0.3) is 0 Å². The lowest BCUT2D eigenvalue weighted by atomic mass is 9.86. The largest absolute Gasteiger partial charge is 0.416 e. The van der Waals surface area contributed by atoms with Crippen LogP contribution in [0.2, 0.25) is 0 Å². The standard InChI is InChI=1S/C12H15F3O/c1-8(11(2,3)16)9-4-6-10(7-5-9)12(13,14)15/h4-8,16H,1-3H3. The van der Waals surface area contributed by atoms with Crippen molar-refractivity contribution in [3.8, 4) is 0 Å². The Hall–Kier alpha value is -1.03. The van der Waals surface area contributed by atoms with E-state index in [4.69, 9.17) is 0 Å². The average molecular weight is 232 g/mol. The Balaban J connectivity index is 2.96. The molecule has 0 aromatic heterocycles. The molecular formula is C12H15F3O. The zero-order valence-electron chi connectivity index (χ0n) is 9.47. The van der Waals surface area contributed by atoms with Gasteiger partial charge in [0.15, 0.2) is 0 Å². The molecule has 1 atom stereocenters. The predicted molar refractivity (Wildman–Crippen MR) is 56.2 cm³/mol. The summed E-state index contributed by atoms with van der Waals surface area (Å²) in [6.45, 7) is 5.05. The van der Waals surface area contributed by atoms with Gasteiger partial charge in [-0.2, -0.15) is 13.2 Å². The van der Waals surface area contributed by atoms with E-state index in [1.807, 2.05) is 0 Å². The molecular weight excluding hydrogens is 217 g/mol.